The Hall–Kier alpha value is -2.88. The summed E-state index contributed by atoms with van der Waals surface area (Å²) >= 11 is 0. The van der Waals surface area contributed by atoms with Crippen molar-refractivity contribution in [1.29, 1.82) is 0 Å². The van der Waals surface area contributed by atoms with Gasteiger partial charge in [0.2, 0.25) is 5.96 Å². The van der Waals surface area contributed by atoms with Gasteiger partial charge in [0.1, 0.15) is 5.70 Å². The third-order valence-electron chi connectivity index (χ3n) is 3.74. The molecule has 3 rings (SSSR count). The SMILES string of the molecule is Cc1ccc(N2C(=O)C(=Cc3ccccc3)NC2=NC(C)(C)C)cc1. The van der Waals surface area contributed by atoms with Gasteiger partial charge in [0, 0.05) is 0 Å². The predicted octanol–water partition coefficient (Wildman–Crippen LogP) is 4.13. The first-order chi connectivity index (χ1) is 11.8. The van der Waals surface area contributed by atoms with Crippen molar-refractivity contribution < 1.29 is 4.79 Å². The monoisotopic (exact) mass is 333 g/mol. The van der Waals surface area contributed by atoms with Gasteiger partial charge in [0.25, 0.3) is 5.91 Å². The molecule has 1 amide bonds. The molecule has 2 aromatic carbocycles. The fourth-order valence-corrected chi connectivity index (χ4v) is 2.59. The highest BCUT2D eigenvalue weighted by molar-refractivity contribution is 6.29. The fraction of sp³-hybridized carbons (Fsp3) is 0.238. The fourth-order valence-electron chi connectivity index (χ4n) is 2.59. The van der Waals surface area contributed by atoms with Crippen molar-refractivity contribution in [3.8, 4) is 0 Å². The van der Waals surface area contributed by atoms with Crippen LogP contribution in [-0.4, -0.2) is 17.4 Å². The number of nitrogens with zero attached hydrogens (tertiary/aromatic N) is 2. The van der Waals surface area contributed by atoms with E-state index < -0.39 is 0 Å². The summed E-state index contributed by atoms with van der Waals surface area (Å²) in [6, 6.07) is 17.7. The third kappa shape index (κ3) is 3.97. The quantitative estimate of drug-likeness (QED) is 0.840. The van der Waals surface area contributed by atoms with E-state index >= 15 is 0 Å². The zero-order valence-corrected chi connectivity index (χ0v) is 15.1. The zero-order chi connectivity index (χ0) is 18.0. The van der Waals surface area contributed by atoms with E-state index in [-0.39, 0.29) is 11.4 Å². The number of rotatable bonds is 2. The first kappa shape index (κ1) is 17.0. The maximum atomic E-state index is 13.0. The maximum Gasteiger partial charge on any atom is 0.281 e. The van der Waals surface area contributed by atoms with Crippen LogP contribution in [0.1, 0.15) is 31.9 Å². The Balaban J connectivity index is 2.04. The number of nitrogens with one attached hydrogen (secondary N) is 1. The highest BCUT2D eigenvalue weighted by Crippen LogP contribution is 2.24. The minimum atomic E-state index is -0.298. The molecule has 1 aliphatic heterocycles. The molecule has 0 spiro atoms. The van der Waals surface area contributed by atoms with Gasteiger partial charge < -0.3 is 5.32 Å². The Morgan fingerprint density at radius 1 is 1.00 bits per heavy atom. The molecule has 4 nitrogen and oxygen atoms in total. The van der Waals surface area contributed by atoms with Crippen LogP contribution in [0.2, 0.25) is 0 Å². The molecule has 2 aromatic rings. The Morgan fingerprint density at radius 2 is 1.64 bits per heavy atom. The smallest absolute Gasteiger partial charge is 0.281 e. The molecule has 1 fully saturated rings. The van der Waals surface area contributed by atoms with Crippen molar-refractivity contribution in [2.45, 2.75) is 33.2 Å². The largest absolute Gasteiger partial charge is 0.321 e. The summed E-state index contributed by atoms with van der Waals surface area (Å²) in [5.74, 6) is 0.458. The first-order valence-corrected chi connectivity index (χ1v) is 8.38. The summed E-state index contributed by atoms with van der Waals surface area (Å²) in [7, 11) is 0. The van der Waals surface area contributed by atoms with E-state index in [9.17, 15) is 4.79 Å². The molecular weight excluding hydrogens is 310 g/mol. The van der Waals surface area contributed by atoms with Crippen LogP contribution in [0.5, 0.6) is 0 Å². The lowest BCUT2D eigenvalue weighted by Gasteiger charge is -2.19. The first-order valence-electron chi connectivity index (χ1n) is 8.38. The molecule has 0 aromatic heterocycles. The van der Waals surface area contributed by atoms with Crippen LogP contribution >= 0.6 is 0 Å². The van der Waals surface area contributed by atoms with Gasteiger partial charge in [-0.2, -0.15) is 0 Å². The van der Waals surface area contributed by atoms with Crippen LogP contribution in [0.4, 0.5) is 5.69 Å². The van der Waals surface area contributed by atoms with E-state index in [1.165, 1.54) is 0 Å². The molecule has 1 saturated heterocycles. The van der Waals surface area contributed by atoms with Crippen LogP contribution in [0.3, 0.4) is 0 Å². The average Bonchev–Trinajstić information content (AvgIpc) is 2.83. The predicted molar refractivity (Wildman–Crippen MR) is 103 cm³/mol. The van der Waals surface area contributed by atoms with Gasteiger partial charge >= 0.3 is 0 Å². The van der Waals surface area contributed by atoms with E-state index in [0.29, 0.717) is 11.7 Å². The molecule has 1 aliphatic rings. The topological polar surface area (TPSA) is 44.7 Å². The van der Waals surface area contributed by atoms with E-state index in [4.69, 9.17) is 4.99 Å². The number of carbonyl (C=O) groups excluding carboxylic acids is 1. The minimum absolute atomic E-state index is 0.101. The van der Waals surface area contributed by atoms with Gasteiger partial charge in [-0.05, 0) is 51.5 Å². The van der Waals surface area contributed by atoms with Gasteiger partial charge in [-0.25, -0.2) is 9.89 Å². The summed E-state index contributed by atoms with van der Waals surface area (Å²) in [4.78, 5) is 19.3. The van der Waals surface area contributed by atoms with Crippen molar-refractivity contribution in [3.63, 3.8) is 0 Å². The molecular formula is C21H23N3O. The maximum absolute atomic E-state index is 13.0. The number of guanidine groups is 1. The number of hydrogen-bond donors (Lipinski definition) is 1. The number of amides is 1. The van der Waals surface area contributed by atoms with Crippen molar-refractivity contribution >= 4 is 23.6 Å². The van der Waals surface area contributed by atoms with Crippen LogP contribution in [0.25, 0.3) is 6.08 Å². The second kappa shape index (κ2) is 6.55. The number of aliphatic imine (C=N–C) groups is 1. The lowest BCUT2D eigenvalue weighted by Crippen LogP contribution is -2.34. The summed E-state index contributed by atoms with van der Waals surface area (Å²) in [6.07, 6.45) is 1.86. The van der Waals surface area contributed by atoms with Gasteiger partial charge in [0.15, 0.2) is 0 Å². The second-order valence-corrected chi connectivity index (χ2v) is 7.18. The standard InChI is InChI=1S/C21H23N3O/c1-15-10-12-17(13-11-15)24-19(25)18(14-16-8-6-5-7-9-16)22-20(24)23-21(2,3)4/h5-14H,1-4H3,(H,22,23). The van der Waals surface area contributed by atoms with Gasteiger partial charge in [-0.3, -0.25) is 4.79 Å². The normalized spacial score (nSPS) is 18.1. The van der Waals surface area contributed by atoms with E-state index in [1.807, 2.05) is 88.4 Å². The number of aryl methyl sites for hydroxylation is 1. The lowest BCUT2D eigenvalue weighted by atomic mass is 10.1. The molecule has 25 heavy (non-hydrogen) atoms. The number of benzene rings is 2. The second-order valence-electron chi connectivity index (χ2n) is 7.18. The summed E-state index contributed by atoms with van der Waals surface area (Å²) < 4.78 is 0. The average molecular weight is 333 g/mol. The molecule has 128 valence electrons. The Labute approximate surface area is 148 Å². The van der Waals surface area contributed by atoms with Crippen LogP contribution in [0.15, 0.2) is 65.3 Å². The summed E-state index contributed by atoms with van der Waals surface area (Å²) in [5.41, 5.74) is 3.16. The molecule has 0 atom stereocenters. The van der Waals surface area contributed by atoms with Crippen molar-refractivity contribution in [2.75, 3.05) is 4.90 Å². The van der Waals surface area contributed by atoms with Gasteiger partial charge in [-0.1, -0.05) is 48.0 Å². The van der Waals surface area contributed by atoms with Crippen molar-refractivity contribution in [1.82, 2.24) is 5.32 Å². The minimum Gasteiger partial charge on any atom is -0.321 e. The van der Waals surface area contributed by atoms with Crippen molar-refractivity contribution in [2.24, 2.45) is 4.99 Å². The number of hydrogen-bond acceptors (Lipinski definition) is 2. The molecule has 0 aliphatic carbocycles. The van der Waals surface area contributed by atoms with Crippen LogP contribution < -0.4 is 10.2 Å². The summed E-state index contributed by atoms with van der Waals surface area (Å²) in [5, 5.41) is 3.20. The Morgan fingerprint density at radius 3 is 2.24 bits per heavy atom. The van der Waals surface area contributed by atoms with Crippen molar-refractivity contribution in [3.05, 3.63) is 71.4 Å². The van der Waals surface area contributed by atoms with Gasteiger partial charge in [0.05, 0.1) is 11.2 Å². The molecule has 0 radical (unpaired) electrons. The van der Waals surface area contributed by atoms with E-state index in [1.54, 1.807) is 4.90 Å². The highest BCUT2D eigenvalue weighted by Gasteiger charge is 2.34. The molecule has 0 unspecified atom stereocenters. The molecule has 0 saturated carbocycles. The van der Waals surface area contributed by atoms with Crippen LogP contribution in [-0.2, 0) is 4.79 Å². The van der Waals surface area contributed by atoms with Gasteiger partial charge in [-0.15, -0.1) is 0 Å². The third-order valence-corrected chi connectivity index (χ3v) is 3.74. The molecule has 1 N–H and O–H groups in total. The Kier molecular flexibility index (Phi) is 4.45. The molecule has 1 heterocycles. The number of carbonyl (C=O) groups is 1. The lowest BCUT2D eigenvalue weighted by molar-refractivity contribution is -0.113. The summed E-state index contributed by atoms with van der Waals surface area (Å²) in [6.45, 7) is 8.06. The van der Waals surface area contributed by atoms with Crippen LogP contribution in [0, 0.1) is 6.92 Å². The highest BCUT2D eigenvalue weighted by atomic mass is 16.2. The van der Waals surface area contributed by atoms with E-state index in [0.717, 1.165) is 16.8 Å². The zero-order valence-electron chi connectivity index (χ0n) is 15.1. The number of anilines is 1. The molecule has 0 bridgehead atoms. The van der Waals surface area contributed by atoms with E-state index in [2.05, 4.69) is 5.32 Å². The Bertz CT molecular complexity index is 828. The molecule has 4 heteroatoms.